The van der Waals surface area contributed by atoms with E-state index in [-0.39, 0.29) is 5.41 Å². The number of ketones is 1. The lowest BCUT2D eigenvalue weighted by Crippen LogP contribution is -2.30. The van der Waals surface area contributed by atoms with Gasteiger partial charge in [-0.25, -0.2) is 0 Å². The minimum atomic E-state index is -0.0382. The Balaban J connectivity index is 2.61. The zero-order valence-electron chi connectivity index (χ0n) is 7.68. The largest absolute Gasteiger partial charge is 0.305 e. The number of hydrogen-bond donors (Lipinski definition) is 0. The van der Waals surface area contributed by atoms with Crippen LogP contribution in [0.4, 0.5) is 0 Å². The molecule has 0 N–H and O–H groups in total. The molecule has 2 nitrogen and oxygen atoms in total. The second-order valence-electron chi connectivity index (χ2n) is 3.83. The first kappa shape index (κ1) is 8.72. The highest BCUT2D eigenvalue weighted by Crippen LogP contribution is 2.30. The molecule has 11 heavy (non-hydrogen) atoms. The van der Waals surface area contributed by atoms with Gasteiger partial charge in [-0.15, -0.1) is 0 Å². The molecule has 64 valence electrons. The van der Waals surface area contributed by atoms with E-state index in [4.69, 9.17) is 0 Å². The molecule has 0 aliphatic carbocycles. The Labute approximate surface area is 68.6 Å². The summed E-state index contributed by atoms with van der Waals surface area (Å²) in [6.45, 7) is 6.05. The molecule has 1 unspecified atom stereocenters. The summed E-state index contributed by atoms with van der Waals surface area (Å²) in [6.07, 6.45) is 1.72. The second-order valence-corrected chi connectivity index (χ2v) is 3.83. The molecule has 1 rings (SSSR count). The van der Waals surface area contributed by atoms with Crippen molar-refractivity contribution in [3.8, 4) is 0 Å². The maximum absolute atomic E-state index is 11.5. The molecule has 0 bridgehead atoms. The van der Waals surface area contributed by atoms with E-state index in [1.807, 2.05) is 6.92 Å². The van der Waals surface area contributed by atoms with Crippen molar-refractivity contribution in [2.45, 2.75) is 26.7 Å². The van der Waals surface area contributed by atoms with E-state index >= 15 is 0 Å². The van der Waals surface area contributed by atoms with Gasteiger partial charge in [0, 0.05) is 18.4 Å². The molecule has 1 heterocycles. The first-order valence-corrected chi connectivity index (χ1v) is 4.30. The summed E-state index contributed by atoms with van der Waals surface area (Å²) in [4.78, 5) is 13.7. The third-order valence-electron chi connectivity index (χ3n) is 2.66. The van der Waals surface area contributed by atoms with E-state index in [2.05, 4.69) is 18.9 Å². The third kappa shape index (κ3) is 1.62. The Morgan fingerprint density at radius 3 is 2.64 bits per heavy atom. The molecule has 0 radical (unpaired) electrons. The predicted octanol–water partition coefficient (Wildman–Crippen LogP) is 1.31. The van der Waals surface area contributed by atoms with Crippen LogP contribution in [0.2, 0.25) is 0 Å². The van der Waals surface area contributed by atoms with Gasteiger partial charge in [0.15, 0.2) is 0 Å². The van der Waals surface area contributed by atoms with E-state index in [0.717, 1.165) is 19.5 Å². The lowest BCUT2D eigenvalue weighted by atomic mass is 9.84. The smallest absolute Gasteiger partial charge is 0.139 e. The van der Waals surface area contributed by atoms with Crippen LogP contribution < -0.4 is 0 Å². The molecule has 0 spiro atoms. The van der Waals surface area contributed by atoms with Crippen molar-refractivity contribution < 1.29 is 4.79 Å². The van der Waals surface area contributed by atoms with Crippen LogP contribution in [-0.2, 0) is 4.79 Å². The molecule has 2 heteroatoms. The van der Waals surface area contributed by atoms with Gasteiger partial charge in [0.05, 0.1) is 0 Å². The monoisotopic (exact) mass is 155 g/mol. The number of nitrogens with zero attached hydrogens (tertiary/aromatic N) is 1. The van der Waals surface area contributed by atoms with Crippen molar-refractivity contribution >= 4 is 5.78 Å². The van der Waals surface area contributed by atoms with Crippen LogP contribution in [-0.4, -0.2) is 30.8 Å². The number of likely N-dealkylation sites (tertiary alicyclic amines) is 1. The first-order valence-electron chi connectivity index (χ1n) is 4.30. The molecule has 1 atom stereocenters. The minimum Gasteiger partial charge on any atom is -0.305 e. The summed E-state index contributed by atoms with van der Waals surface area (Å²) in [7, 11) is 2.08. The molecule has 0 amide bonds. The number of carbonyl (C=O) groups is 1. The molecular formula is C9H17NO. The lowest BCUT2D eigenvalue weighted by molar-refractivity contribution is -0.126. The van der Waals surface area contributed by atoms with E-state index < -0.39 is 0 Å². The van der Waals surface area contributed by atoms with Crippen LogP contribution in [0.1, 0.15) is 26.7 Å². The van der Waals surface area contributed by atoms with Crippen molar-refractivity contribution in [1.29, 1.82) is 0 Å². The molecule has 1 aliphatic heterocycles. The lowest BCUT2D eigenvalue weighted by Gasteiger charge is -2.20. The summed E-state index contributed by atoms with van der Waals surface area (Å²) in [5.41, 5.74) is -0.0382. The average Bonchev–Trinajstić information content (AvgIpc) is 2.31. The molecule has 0 aromatic rings. The molecule has 0 saturated carbocycles. The zero-order chi connectivity index (χ0) is 8.48. The first-order chi connectivity index (χ1) is 5.08. The van der Waals surface area contributed by atoms with Crippen LogP contribution in [0, 0.1) is 5.41 Å². The van der Waals surface area contributed by atoms with Gasteiger partial charge in [0.1, 0.15) is 5.78 Å². The second kappa shape index (κ2) is 2.94. The van der Waals surface area contributed by atoms with E-state index in [1.54, 1.807) is 0 Å². The van der Waals surface area contributed by atoms with Crippen molar-refractivity contribution in [2.75, 3.05) is 20.1 Å². The van der Waals surface area contributed by atoms with Crippen molar-refractivity contribution in [1.82, 2.24) is 4.90 Å². The van der Waals surface area contributed by atoms with Crippen LogP contribution >= 0.6 is 0 Å². The van der Waals surface area contributed by atoms with Crippen LogP contribution in [0.25, 0.3) is 0 Å². The van der Waals surface area contributed by atoms with Gasteiger partial charge >= 0.3 is 0 Å². The van der Waals surface area contributed by atoms with Gasteiger partial charge in [-0.3, -0.25) is 4.79 Å². The molecule has 1 saturated heterocycles. The summed E-state index contributed by atoms with van der Waals surface area (Å²) in [5, 5.41) is 0. The minimum absolute atomic E-state index is 0.0382. The third-order valence-corrected chi connectivity index (χ3v) is 2.66. The maximum Gasteiger partial charge on any atom is 0.139 e. The molecule has 1 aliphatic rings. The Morgan fingerprint density at radius 2 is 2.27 bits per heavy atom. The predicted molar refractivity (Wildman–Crippen MR) is 45.5 cm³/mol. The van der Waals surface area contributed by atoms with E-state index in [0.29, 0.717) is 12.2 Å². The fourth-order valence-electron chi connectivity index (χ4n) is 1.85. The molecule has 1 fully saturated rings. The topological polar surface area (TPSA) is 20.3 Å². The zero-order valence-corrected chi connectivity index (χ0v) is 7.68. The highest BCUT2D eigenvalue weighted by molar-refractivity contribution is 5.84. The Bertz CT molecular complexity index is 167. The van der Waals surface area contributed by atoms with Gasteiger partial charge in [-0.05, 0) is 20.0 Å². The number of carbonyl (C=O) groups excluding carboxylic acids is 1. The highest BCUT2D eigenvalue weighted by atomic mass is 16.1. The summed E-state index contributed by atoms with van der Waals surface area (Å²) >= 11 is 0. The van der Waals surface area contributed by atoms with Crippen molar-refractivity contribution in [3.05, 3.63) is 0 Å². The van der Waals surface area contributed by atoms with Crippen LogP contribution in [0.15, 0.2) is 0 Å². The van der Waals surface area contributed by atoms with E-state index in [9.17, 15) is 4.79 Å². The molecule has 0 aromatic carbocycles. The highest BCUT2D eigenvalue weighted by Gasteiger charge is 2.37. The fourth-order valence-corrected chi connectivity index (χ4v) is 1.85. The Hall–Kier alpha value is -0.370. The van der Waals surface area contributed by atoms with Crippen LogP contribution in [0.5, 0.6) is 0 Å². The van der Waals surface area contributed by atoms with Gasteiger partial charge in [0.25, 0.3) is 0 Å². The molecular weight excluding hydrogens is 138 g/mol. The normalized spacial score (nSPS) is 32.6. The van der Waals surface area contributed by atoms with Gasteiger partial charge < -0.3 is 4.90 Å². The van der Waals surface area contributed by atoms with Gasteiger partial charge in [-0.1, -0.05) is 13.8 Å². The fraction of sp³-hybridized carbons (Fsp3) is 0.889. The summed E-state index contributed by atoms with van der Waals surface area (Å²) in [6, 6.07) is 0. The standard InChI is InChI=1S/C9H17NO/c1-4-8(11)9(2)5-6-10(3)7-9/h4-7H2,1-3H3. The number of rotatable bonds is 2. The Kier molecular flexibility index (Phi) is 2.33. The SMILES string of the molecule is CCC(=O)C1(C)CCN(C)C1. The van der Waals surface area contributed by atoms with Gasteiger partial charge in [-0.2, -0.15) is 0 Å². The van der Waals surface area contributed by atoms with E-state index in [1.165, 1.54) is 0 Å². The maximum atomic E-state index is 11.5. The number of Topliss-reactive ketones (excluding diaryl/α,β-unsaturated/α-hetero) is 1. The quantitative estimate of drug-likeness (QED) is 0.599. The average molecular weight is 155 g/mol. The van der Waals surface area contributed by atoms with Gasteiger partial charge in [0.2, 0.25) is 0 Å². The Morgan fingerprint density at radius 1 is 1.64 bits per heavy atom. The molecule has 0 aromatic heterocycles. The number of hydrogen-bond acceptors (Lipinski definition) is 2. The van der Waals surface area contributed by atoms with Crippen molar-refractivity contribution in [3.63, 3.8) is 0 Å². The summed E-state index contributed by atoms with van der Waals surface area (Å²) in [5.74, 6) is 0.418. The van der Waals surface area contributed by atoms with Crippen molar-refractivity contribution in [2.24, 2.45) is 5.41 Å². The summed E-state index contributed by atoms with van der Waals surface area (Å²) < 4.78 is 0. The van der Waals surface area contributed by atoms with Crippen LogP contribution in [0.3, 0.4) is 0 Å².